The number of halogens is 1. The van der Waals surface area contributed by atoms with Crippen molar-refractivity contribution < 1.29 is 4.42 Å². The Morgan fingerprint density at radius 2 is 1.81 bits per heavy atom. The molecule has 0 aromatic carbocycles. The lowest BCUT2D eigenvalue weighted by atomic mass is 9.95. The molecule has 2 aromatic rings. The molecule has 31 heavy (non-hydrogen) atoms. The van der Waals surface area contributed by atoms with Crippen molar-refractivity contribution in [1.82, 2.24) is 15.6 Å². The third-order valence-electron chi connectivity index (χ3n) is 6.21. The number of piperidine rings is 1. The van der Waals surface area contributed by atoms with Gasteiger partial charge in [-0.05, 0) is 56.4 Å². The van der Waals surface area contributed by atoms with Crippen molar-refractivity contribution in [1.29, 1.82) is 0 Å². The minimum absolute atomic E-state index is 0. The van der Waals surface area contributed by atoms with Gasteiger partial charge in [0.05, 0.1) is 6.26 Å². The fourth-order valence-corrected chi connectivity index (χ4v) is 4.40. The fraction of sp³-hybridized carbons (Fsp3) is 0.583. The predicted molar refractivity (Wildman–Crippen MR) is 137 cm³/mol. The molecule has 2 aliphatic rings. The van der Waals surface area contributed by atoms with Crippen LogP contribution in [0.3, 0.4) is 0 Å². The Bertz CT molecular complexity index is 779. The van der Waals surface area contributed by atoms with E-state index in [9.17, 15) is 0 Å². The normalized spacial score (nSPS) is 18.5. The van der Waals surface area contributed by atoms with Gasteiger partial charge in [0, 0.05) is 44.3 Å². The van der Waals surface area contributed by atoms with Crippen molar-refractivity contribution in [2.24, 2.45) is 4.99 Å². The Morgan fingerprint density at radius 1 is 1.06 bits per heavy atom. The van der Waals surface area contributed by atoms with E-state index in [0.717, 1.165) is 56.4 Å². The van der Waals surface area contributed by atoms with Crippen LogP contribution in [0.5, 0.6) is 0 Å². The molecule has 4 rings (SSSR count). The Morgan fingerprint density at radius 3 is 2.45 bits per heavy atom. The lowest BCUT2D eigenvalue weighted by molar-refractivity contribution is 0.401. The van der Waals surface area contributed by atoms with Crippen LogP contribution in [0.4, 0.5) is 5.82 Å². The summed E-state index contributed by atoms with van der Waals surface area (Å²) in [7, 11) is 0. The number of pyridine rings is 1. The topological polar surface area (TPSA) is 65.7 Å². The van der Waals surface area contributed by atoms with Crippen LogP contribution < -0.4 is 15.5 Å². The zero-order chi connectivity index (χ0) is 20.6. The molecule has 0 atom stereocenters. The highest BCUT2D eigenvalue weighted by atomic mass is 127. The van der Waals surface area contributed by atoms with Gasteiger partial charge in [-0.2, -0.15) is 0 Å². The average molecular weight is 537 g/mol. The predicted octanol–water partition coefficient (Wildman–Crippen LogP) is 4.68. The summed E-state index contributed by atoms with van der Waals surface area (Å²) in [6, 6.07) is 9.23. The summed E-state index contributed by atoms with van der Waals surface area (Å²) in [6.07, 6.45) is 13.2. The molecule has 2 aromatic heterocycles. The van der Waals surface area contributed by atoms with Crippen LogP contribution >= 0.6 is 24.0 Å². The lowest BCUT2D eigenvalue weighted by Gasteiger charge is -2.34. The molecule has 0 radical (unpaired) electrons. The minimum Gasteiger partial charge on any atom is -0.469 e. The van der Waals surface area contributed by atoms with Crippen molar-refractivity contribution in [3.05, 3.63) is 48.0 Å². The molecule has 1 saturated carbocycles. The molecular weight excluding hydrogens is 501 g/mol. The molecule has 2 N–H and O–H groups in total. The van der Waals surface area contributed by atoms with Gasteiger partial charge >= 0.3 is 0 Å². The maximum Gasteiger partial charge on any atom is 0.191 e. The largest absolute Gasteiger partial charge is 0.469 e. The zero-order valence-electron chi connectivity index (χ0n) is 18.6. The first-order valence-corrected chi connectivity index (χ1v) is 11.5. The van der Waals surface area contributed by atoms with Gasteiger partial charge < -0.3 is 20.0 Å². The third kappa shape index (κ3) is 7.40. The van der Waals surface area contributed by atoms with Crippen LogP contribution in [-0.4, -0.2) is 42.7 Å². The maximum absolute atomic E-state index is 5.45. The number of rotatable bonds is 6. The second-order valence-electron chi connectivity index (χ2n) is 8.64. The van der Waals surface area contributed by atoms with E-state index in [1.165, 1.54) is 37.7 Å². The third-order valence-corrected chi connectivity index (χ3v) is 6.21. The van der Waals surface area contributed by atoms with E-state index in [-0.39, 0.29) is 24.0 Å². The number of hydrogen-bond acceptors (Lipinski definition) is 4. The van der Waals surface area contributed by atoms with Gasteiger partial charge in [0.25, 0.3) is 0 Å². The molecule has 7 heteroatoms. The number of guanidine groups is 1. The maximum atomic E-state index is 5.45. The molecule has 170 valence electrons. The summed E-state index contributed by atoms with van der Waals surface area (Å²) in [5.41, 5.74) is 1.21. The van der Waals surface area contributed by atoms with E-state index in [1.807, 2.05) is 18.3 Å². The molecule has 1 saturated heterocycles. The summed E-state index contributed by atoms with van der Waals surface area (Å²) in [4.78, 5) is 11.9. The number of nitrogens with one attached hydrogen (secondary N) is 2. The van der Waals surface area contributed by atoms with Crippen molar-refractivity contribution in [3.63, 3.8) is 0 Å². The quantitative estimate of drug-likeness (QED) is 0.318. The van der Waals surface area contributed by atoms with Crippen LogP contribution in [0, 0.1) is 6.92 Å². The molecular formula is C24H36IN5O. The number of aromatic nitrogens is 1. The zero-order valence-corrected chi connectivity index (χ0v) is 20.9. The molecule has 0 unspecified atom stereocenters. The number of hydrogen-bond donors (Lipinski definition) is 2. The Balaban J connectivity index is 0.00000272. The standard InChI is InChI=1S/C24H35N5O.HI/c1-19-9-10-23(26-18-19)29-15-12-21(13-16-29)28-24(27-20-6-3-2-4-7-20)25-14-11-22-8-5-17-30-22;/h5,8-10,17-18,20-21H,2-4,6-7,11-16H2,1H3,(H2,25,27,28);1H. The van der Waals surface area contributed by atoms with E-state index in [1.54, 1.807) is 6.26 Å². The number of anilines is 1. The Labute approximate surface area is 203 Å². The van der Waals surface area contributed by atoms with E-state index in [2.05, 4.69) is 39.6 Å². The minimum atomic E-state index is 0. The first kappa shape index (κ1) is 23.9. The molecule has 0 amide bonds. The van der Waals surface area contributed by atoms with Gasteiger partial charge in [0.1, 0.15) is 11.6 Å². The van der Waals surface area contributed by atoms with E-state index in [4.69, 9.17) is 9.41 Å². The molecule has 6 nitrogen and oxygen atoms in total. The number of aryl methyl sites for hydroxylation is 1. The average Bonchev–Trinajstić information content (AvgIpc) is 3.29. The summed E-state index contributed by atoms with van der Waals surface area (Å²) < 4.78 is 5.45. The van der Waals surface area contributed by atoms with Crippen molar-refractivity contribution in [2.75, 3.05) is 24.5 Å². The van der Waals surface area contributed by atoms with Gasteiger partial charge in [-0.3, -0.25) is 4.99 Å². The highest BCUT2D eigenvalue weighted by Gasteiger charge is 2.22. The first-order valence-electron chi connectivity index (χ1n) is 11.5. The van der Waals surface area contributed by atoms with Crippen LogP contribution in [-0.2, 0) is 6.42 Å². The number of nitrogens with zero attached hydrogens (tertiary/aromatic N) is 3. The fourth-order valence-electron chi connectivity index (χ4n) is 4.40. The van der Waals surface area contributed by atoms with E-state index < -0.39 is 0 Å². The monoisotopic (exact) mass is 537 g/mol. The van der Waals surface area contributed by atoms with Gasteiger partial charge in [0.2, 0.25) is 0 Å². The lowest BCUT2D eigenvalue weighted by Crippen LogP contribution is -2.51. The van der Waals surface area contributed by atoms with E-state index >= 15 is 0 Å². The Kier molecular flexibility index (Phi) is 9.49. The van der Waals surface area contributed by atoms with Crippen molar-refractivity contribution in [3.8, 4) is 0 Å². The van der Waals surface area contributed by atoms with Crippen LogP contribution in [0.2, 0.25) is 0 Å². The highest BCUT2D eigenvalue weighted by Crippen LogP contribution is 2.19. The molecule has 3 heterocycles. The number of aliphatic imine (C=N–C) groups is 1. The summed E-state index contributed by atoms with van der Waals surface area (Å²) in [5.74, 6) is 3.06. The summed E-state index contributed by atoms with van der Waals surface area (Å²) in [5, 5.41) is 7.44. The second-order valence-corrected chi connectivity index (χ2v) is 8.64. The second kappa shape index (κ2) is 12.3. The first-order chi connectivity index (χ1) is 14.8. The smallest absolute Gasteiger partial charge is 0.191 e. The number of furan rings is 1. The highest BCUT2D eigenvalue weighted by molar-refractivity contribution is 14.0. The van der Waals surface area contributed by atoms with Gasteiger partial charge in [-0.15, -0.1) is 24.0 Å². The molecule has 0 spiro atoms. The van der Waals surface area contributed by atoms with E-state index in [0.29, 0.717) is 12.1 Å². The SMILES string of the molecule is Cc1ccc(N2CCC(NC(=NCCc3ccco3)NC3CCCCC3)CC2)nc1.I. The van der Waals surface area contributed by atoms with Crippen LogP contribution in [0.15, 0.2) is 46.1 Å². The van der Waals surface area contributed by atoms with Gasteiger partial charge in [-0.25, -0.2) is 4.98 Å². The van der Waals surface area contributed by atoms with Crippen LogP contribution in [0.1, 0.15) is 56.3 Å². The molecule has 1 aliphatic heterocycles. The molecule has 2 fully saturated rings. The van der Waals surface area contributed by atoms with Crippen molar-refractivity contribution >= 4 is 35.8 Å². The summed E-state index contributed by atoms with van der Waals surface area (Å²) in [6.45, 7) is 4.87. The molecule has 1 aliphatic carbocycles. The van der Waals surface area contributed by atoms with Crippen molar-refractivity contribution in [2.45, 2.75) is 70.4 Å². The summed E-state index contributed by atoms with van der Waals surface area (Å²) >= 11 is 0. The Hall–Kier alpha value is -1.77. The van der Waals surface area contributed by atoms with Gasteiger partial charge in [-0.1, -0.05) is 25.3 Å². The van der Waals surface area contributed by atoms with Crippen LogP contribution in [0.25, 0.3) is 0 Å². The molecule has 0 bridgehead atoms. The van der Waals surface area contributed by atoms with Gasteiger partial charge in [0.15, 0.2) is 5.96 Å².